The molecule has 5 rings (SSSR count). The summed E-state index contributed by atoms with van der Waals surface area (Å²) in [6.07, 6.45) is 1.33. The zero-order chi connectivity index (χ0) is 17.8. The third kappa shape index (κ3) is 2.10. The van der Waals surface area contributed by atoms with Crippen molar-refractivity contribution in [3.05, 3.63) is 76.4 Å². The average molecular weight is 367 g/mol. The summed E-state index contributed by atoms with van der Waals surface area (Å²) in [6.45, 7) is 0. The van der Waals surface area contributed by atoms with Gasteiger partial charge in [0.1, 0.15) is 23.8 Å². The summed E-state index contributed by atoms with van der Waals surface area (Å²) in [5.41, 5.74) is 7.53. The van der Waals surface area contributed by atoms with Gasteiger partial charge in [-0.3, -0.25) is 0 Å². The molecule has 0 amide bonds. The fourth-order valence-corrected chi connectivity index (χ4v) is 4.59. The number of halogens is 2. The first-order valence-electron chi connectivity index (χ1n) is 7.88. The second-order valence-electron chi connectivity index (χ2n) is 5.98. The largest absolute Gasteiger partial charge is 0.437 e. The van der Waals surface area contributed by atoms with Gasteiger partial charge < -0.3 is 10.5 Å². The average Bonchev–Trinajstić information content (AvgIpc) is 3.01. The smallest absolute Gasteiger partial charge is 0.228 e. The van der Waals surface area contributed by atoms with Gasteiger partial charge in [-0.2, -0.15) is 0 Å². The van der Waals surface area contributed by atoms with Gasteiger partial charge >= 0.3 is 0 Å². The molecule has 0 fully saturated rings. The van der Waals surface area contributed by atoms with Gasteiger partial charge in [0, 0.05) is 5.39 Å². The highest BCUT2D eigenvalue weighted by atomic mass is 32.1. The van der Waals surface area contributed by atoms with Crippen LogP contribution in [-0.4, -0.2) is 9.97 Å². The normalized spacial score (nSPS) is 15.4. The van der Waals surface area contributed by atoms with E-state index < -0.39 is 0 Å². The van der Waals surface area contributed by atoms with E-state index >= 15 is 0 Å². The minimum atomic E-state index is -0.354. The van der Waals surface area contributed by atoms with E-state index in [9.17, 15) is 8.78 Å². The van der Waals surface area contributed by atoms with Gasteiger partial charge in [-0.1, -0.05) is 18.2 Å². The molecule has 2 aromatic carbocycles. The SMILES string of the molecule is Nc1ncnc2c1C(c1ccc(F)cc1)c1sc3c(F)cccc3c1O2. The summed E-state index contributed by atoms with van der Waals surface area (Å²) in [5.74, 6) is 0.181. The Kier molecular flexibility index (Phi) is 3.20. The number of hydrogen-bond acceptors (Lipinski definition) is 5. The summed E-state index contributed by atoms with van der Waals surface area (Å²) in [6, 6.07) is 11.0. The topological polar surface area (TPSA) is 61.0 Å². The molecule has 0 bridgehead atoms. The standard InChI is InChI=1S/C19H11F2N3OS/c20-10-6-4-9(5-7-10)13-14-18(22)23-8-24-19(14)25-15-11-2-1-3-12(21)16(11)26-17(13)15/h1-8,13H,(H2,22,23,24). The van der Waals surface area contributed by atoms with Crippen LogP contribution in [0, 0.1) is 11.6 Å². The number of benzene rings is 2. The Morgan fingerprint density at radius 2 is 1.85 bits per heavy atom. The van der Waals surface area contributed by atoms with Gasteiger partial charge in [-0.05, 0) is 29.8 Å². The van der Waals surface area contributed by atoms with Crippen LogP contribution in [-0.2, 0) is 0 Å². The first-order chi connectivity index (χ1) is 12.6. The zero-order valence-electron chi connectivity index (χ0n) is 13.2. The van der Waals surface area contributed by atoms with Crippen molar-refractivity contribution < 1.29 is 13.5 Å². The lowest BCUT2D eigenvalue weighted by Crippen LogP contribution is -2.14. The zero-order valence-corrected chi connectivity index (χ0v) is 14.1. The number of anilines is 1. The van der Waals surface area contributed by atoms with Crippen molar-refractivity contribution >= 4 is 27.2 Å². The van der Waals surface area contributed by atoms with Crippen molar-refractivity contribution in [3.8, 4) is 11.6 Å². The number of thiophene rings is 1. The minimum Gasteiger partial charge on any atom is -0.437 e. The van der Waals surface area contributed by atoms with Gasteiger partial charge in [0.2, 0.25) is 5.88 Å². The third-order valence-electron chi connectivity index (χ3n) is 4.48. The summed E-state index contributed by atoms with van der Waals surface area (Å²) >= 11 is 1.30. The highest BCUT2D eigenvalue weighted by molar-refractivity contribution is 7.19. The Bertz CT molecular complexity index is 1160. The number of hydrogen-bond donors (Lipinski definition) is 1. The van der Waals surface area contributed by atoms with Crippen LogP contribution in [0.1, 0.15) is 21.9 Å². The molecule has 7 heteroatoms. The summed E-state index contributed by atoms with van der Waals surface area (Å²) < 4.78 is 34.2. The molecule has 4 nitrogen and oxygen atoms in total. The van der Waals surface area contributed by atoms with E-state index in [0.29, 0.717) is 27.3 Å². The monoisotopic (exact) mass is 367 g/mol. The van der Waals surface area contributed by atoms with Crippen LogP contribution >= 0.6 is 11.3 Å². The molecular formula is C19H11F2N3OS. The Morgan fingerprint density at radius 1 is 1.04 bits per heavy atom. The second-order valence-corrected chi connectivity index (χ2v) is 7.03. The molecule has 0 aliphatic carbocycles. The molecule has 1 aliphatic rings. The molecule has 1 atom stereocenters. The first kappa shape index (κ1) is 15.2. The lowest BCUT2D eigenvalue weighted by molar-refractivity contribution is 0.441. The number of rotatable bonds is 1. The van der Waals surface area contributed by atoms with Crippen LogP contribution < -0.4 is 10.5 Å². The van der Waals surface area contributed by atoms with Crippen molar-refractivity contribution in [2.75, 3.05) is 5.73 Å². The summed E-state index contributed by atoms with van der Waals surface area (Å²) in [7, 11) is 0. The van der Waals surface area contributed by atoms with Crippen molar-refractivity contribution in [3.63, 3.8) is 0 Å². The van der Waals surface area contributed by atoms with Crippen LogP contribution in [0.4, 0.5) is 14.6 Å². The number of nitrogens with two attached hydrogens (primary N) is 1. The van der Waals surface area contributed by atoms with Crippen LogP contribution in [0.2, 0.25) is 0 Å². The molecule has 3 heterocycles. The Morgan fingerprint density at radius 3 is 2.65 bits per heavy atom. The Hall–Kier alpha value is -3.06. The molecule has 26 heavy (non-hydrogen) atoms. The maximum absolute atomic E-state index is 14.3. The Balaban J connectivity index is 1.85. The molecule has 2 N–H and O–H groups in total. The van der Waals surface area contributed by atoms with Crippen LogP contribution in [0.3, 0.4) is 0 Å². The molecule has 1 unspecified atom stereocenters. The molecule has 0 radical (unpaired) electrons. The first-order valence-corrected chi connectivity index (χ1v) is 8.69. The molecule has 1 aliphatic heterocycles. The van der Waals surface area contributed by atoms with Crippen LogP contribution in [0.25, 0.3) is 10.1 Å². The summed E-state index contributed by atoms with van der Waals surface area (Å²) in [5, 5.41) is 0.681. The lowest BCUT2D eigenvalue weighted by Gasteiger charge is -2.26. The van der Waals surface area contributed by atoms with Crippen LogP contribution in [0.15, 0.2) is 48.8 Å². The molecule has 0 spiro atoms. The van der Waals surface area contributed by atoms with Gasteiger partial charge in [-0.15, -0.1) is 11.3 Å². The van der Waals surface area contributed by atoms with Crippen molar-refractivity contribution in [2.24, 2.45) is 0 Å². The van der Waals surface area contributed by atoms with Gasteiger partial charge in [-0.25, -0.2) is 18.7 Å². The number of ether oxygens (including phenoxy) is 1. The predicted octanol–water partition coefficient (Wildman–Crippen LogP) is 4.84. The van der Waals surface area contributed by atoms with Crippen molar-refractivity contribution in [1.29, 1.82) is 0 Å². The van der Waals surface area contributed by atoms with Gasteiger partial charge in [0.25, 0.3) is 0 Å². The van der Waals surface area contributed by atoms with E-state index in [4.69, 9.17) is 10.5 Å². The van der Waals surface area contributed by atoms with Crippen molar-refractivity contribution in [2.45, 2.75) is 5.92 Å². The van der Waals surface area contributed by atoms with E-state index in [1.165, 1.54) is 35.9 Å². The second kappa shape index (κ2) is 5.47. The fourth-order valence-electron chi connectivity index (χ4n) is 3.32. The molecule has 0 saturated heterocycles. The summed E-state index contributed by atoms with van der Waals surface area (Å²) in [4.78, 5) is 9.07. The molecule has 2 aromatic heterocycles. The number of nitrogen functional groups attached to an aromatic ring is 1. The maximum atomic E-state index is 14.3. The quantitative estimate of drug-likeness (QED) is 0.461. The molecular weight excluding hydrogens is 356 g/mol. The number of fused-ring (bicyclic) bond motifs is 4. The minimum absolute atomic E-state index is 0.285. The van der Waals surface area contributed by atoms with Crippen LogP contribution in [0.5, 0.6) is 11.6 Å². The maximum Gasteiger partial charge on any atom is 0.228 e. The van der Waals surface area contributed by atoms with E-state index in [0.717, 1.165) is 10.4 Å². The van der Waals surface area contributed by atoms with Crippen molar-refractivity contribution in [1.82, 2.24) is 9.97 Å². The molecule has 0 saturated carbocycles. The van der Waals surface area contributed by atoms with E-state index in [2.05, 4.69) is 9.97 Å². The van der Waals surface area contributed by atoms with Gasteiger partial charge in [0.05, 0.1) is 21.1 Å². The van der Waals surface area contributed by atoms with E-state index in [-0.39, 0.29) is 23.4 Å². The number of aromatic nitrogens is 2. The highest BCUT2D eigenvalue weighted by Crippen LogP contribution is 2.54. The lowest BCUT2D eigenvalue weighted by atomic mass is 9.88. The molecule has 128 valence electrons. The number of nitrogens with zero attached hydrogens (tertiary/aromatic N) is 2. The molecule has 4 aromatic rings. The van der Waals surface area contributed by atoms with E-state index in [1.54, 1.807) is 18.2 Å². The fraction of sp³-hybridized carbons (Fsp3) is 0.0526. The van der Waals surface area contributed by atoms with Gasteiger partial charge in [0.15, 0.2) is 5.75 Å². The Labute approximate surface area is 150 Å². The predicted molar refractivity (Wildman–Crippen MR) is 95.6 cm³/mol. The third-order valence-corrected chi connectivity index (χ3v) is 5.74. The highest BCUT2D eigenvalue weighted by Gasteiger charge is 2.35. The van der Waals surface area contributed by atoms with E-state index in [1.807, 2.05) is 6.07 Å².